The Morgan fingerprint density at radius 2 is 1.58 bits per heavy atom. The second kappa shape index (κ2) is 18.5. The molecule has 0 atom stereocenters. The first-order valence-electron chi connectivity index (χ1n) is 12.1. The smallest absolute Gasteiger partial charge is 0.220 e. The van der Waals surface area contributed by atoms with Gasteiger partial charge in [-0.3, -0.25) is 4.79 Å². The number of carbonyl (C=O) groups excluding carboxylic acids is 1. The summed E-state index contributed by atoms with van der Waals surface area (Å²) >= 11 is 0. The minimum absolute atomic E-state index is 0.0802. The zero-order chi connectivity index (χ0) is 22.6. The third-order valence-electron chi connectivity index (χ3n) is 5.34. The van der Waals surface area contributed by atoms with Gasteiger partial charge in [0.25, 0.3) is 0 Å². The SMILES string of the molecule is CCCCCC=CCC=CCCCCCCCCC(=O)NCc1ccc(O)c(OC)c1. The summed E-state index contributed by atoms with van der Waals surface area (Å²) < 4.78 is 5.09. The molecule has 0 saturated heterocycles. The Labute approximate surface area is 189 Å². The van der Waals surface area contributed by atoms with Gasteiger partial charge in [0.2, 0.25) is 5.91 Å². The number of benzene rings is 1. The van der Waals surface area contributed by atoms with E-state index in [2.05, 4.69) is 36.5 Å². The first-order valence-corrected chi connectivity index (χ1v) is 12.1. The molecule has 2 N–H and O–H groups in total. The molecule has 0 saturated carbocycles. The number of phenolic OH excluding ortho intramolecular Hbond substituents is 1. The molecule has 31 heavy (non-hydrogen) atoms. The maximum absolute atomic E-state index is 12.0. The fourth-order valence-corrected chi connectivity index (χ4v) is 3.39. The predicted octanol–water partition coefficient (Wildman–Crippen LogP) is 7.22. The molecule has 0 spiro atoms. The minimum atomic E-state index is 0.0802. The van der Waals surface area contributed by atoms with E-state index in [1.807, 2.05) is 0 Å². The average Bonchev–Trinajstić information content (AvgIpc) is 2.78. The molecule has 1 rings (SSSR count). The number of ether oxygens (including phenoxy) is 1. The molecule has 0 aliphatic rings. The lowest BCUT2D eigenvalue weighted by molar-refractivity contribution is -0.121. The van der Waals surface area contributed by atoms with Crippen molar-refractivity contribution >= 4 is 5.91 Å². The molecule has 0 unspecified atom stereocenters. The van der Waals surface area contributed by atoms with Crippen molar-refractivity contribution in [3.05, 3.63) is 48.1 Å². The lowest BCUT2D eigenvalue weighted by Gasteiger charge is -2.08. The number of unbranched alkanes of at least 4 members (excludes halogenated alkanes) is 9. The van der Waals surface area contributed by atoms with Gasteiger partial charge in [-0.15, -0.1) is 0 Å². The second-order valence-corrected chi connectivity index (χ2v) is 8.12. The summed E-state index contributed by atoms with van der Waals surface area (Å²) in [4.78, 5) is 12.0. The van der Waals surface area contributed by atoms with Crippen LogP contribution in [0.1, 0.15) is 96.0 Å². The monoisotopic (exact) mass is 429 g/mol. The molecule has 1 aromatic rings. The van der Waals surface area contributed by atoms with Crippen molar-refractivity contribution in [1.82, 2.24) is 5.32 Å². The van der Waals surface area contributed by atoms with Crippen LogP contribution in [0.4, 0.5) is 0 Å². The number of hydrogen-bond donors (Lipinski definition) is 2. The zero-order valence-electron chi connectivity index (χ0n) is 19.7. The molecule has 0 fully saturated rings. The van der Waals surface area contributed by atoms with Gasteiger partial charge in [0.1, 0.15) is 0 Å². The van der Waals surface area contributed by atoms with E-state index in [0.717, 1.165) is 24.8 Å². The fourth-order valence-electron chi connectivity index (χ4n) is 3.39. The van der Waals surface area contributed by atoms with Gasteiger partial charge in [-0.1, -0.05) is 75.8 Å². The fraction of sp³-hybridized carbons (Fsp3) is 0.593. The predicted molar refractivity (Wildman–Crippen MR) is 130 cm³/mol. The first kappa shape index (κ1) is 26.8. The Morgan fingerprint density at radius 3 is 2.26 bits per heavy atom. The molecule has 0 heterocycles. The topological polar surface area (TPSA) is 58.6 Å². The number of methoxy groups -OCH3 is 1. The maximum atomic E-state index is 12.0. The van der Waals surface area contributed by atoms with Crippen molar-refractivity contribution in [2.75, 3.05) is 7.11 Å². The van der Waals surface area contributed by atoms with Crippen LogP contribution in [-0.2, 0) is 11.3 Å². The van der Waals surface area contributed by atoms with Crippen molar-refractivity contribution in [3.63, 3.8) is 0 Å². The summed E-state index contributed by atoms with van der Waals surface area (Å²) in [6, 6.07) is 5.12. The number of allylic oxidation sites excluding steroid dienone is 4. The average molecular weight is 430 g/mol. The Hall–Kier alpha value is -2.23. The molecule has 1 aromatic carbocycles. The van der Waals surface area contributed by atoms with Crippen LogP contribution < -0.4 is 10.1 Å². The number of rotatable bonds is 18. The van der Waals surface area contributed by atoms with E-state index in [-0.39, 0.29) is 11.7 Å². The summed E-state index contributed by atoms with van der Waals surface area (Å²) in [5.74, 6) is 0.618. The van der Waals surface area contributed by atoms with Gasteiger partial charge in [0, 0.05) is 13.0 Å². The van der Waals surface area contributed by atoms with Crippen molar-refractivity contribution < 1.29 is 14.6 Å². The number of phenols is 1. The van der Waals surface area contributed by atoms with Crippen molar-refractivity contribution in [2.24, 2.45) is 0 Å². The summed E-state index contributed by atoms with van der Waals surface area (Å²) in [6.45, 7) is 2.70. The number of aromatic hydroxyl groups is 1. The van der Waals surface area contributed by atoms with E-state index in [4.69, 9.17) is 4.74 Å². The minimum Gasteiger partial charge on any atom is -0.504 e. The van der Waals surface area contributed by atoms with Crippen LogP contribution in [0.5, 0.6) is 11.5 Å². The van der Waals surface area contributed by atoms with E-state index in [1.165, 1.54) is 64.9 Å². The van der Waals surface area contributed by atoms with E-state index in [0.29, 0.717) is 18.7 Å². The van der Waals surface area contributed by atoms with Gasteiger partial charge in [0.15, 0.2) is 11.5 Å². The molecule has 0 aliphatic carbocycles. The Balaban J connectivity index is 1.93. The number of carbonyl (C=O) groups is 1. The summed E-state index contributed by atoms with van der Waals surface area (Å²) in [6.07, 6.45) is 24.2. The van der Waals surface area contributed by atoms with Crippen LogP contribution in [0.15, 0.2) is 42.5 Å². The normalized spacial score (nSPS) is 11.4. The van der Waals surface area contributed by atoms with E-state index in [9.17, 15) is 9.90 Å². The first-order chi connectivity index (χ1) is 15.2. The summed E-state index contributed by atoms with van der Waals surface area (Å²) in [5, 5.41) is 12.5. The molecular weight excluding hydrogens is 386 g/mol. The Morgan fingerprint density at radius 1 is 0.935 bits per heavy atom. The molecule has 0 aliphatic heterocycles. The van der Waals surface area contributed by atoms with Crippen molar-refractivity contribution in [1.29, 1.82) is 0 Å². The van der Waals surface area contributed by atoms with E-state index < -0.39 is 0 Å². The largest absolute Gasteiger partial charge is 0.504 e. The van der Waals surface area contributed by atoms with Crippen LogP contribution in [0.2, 0.25) is 0 Å². The van der Waals surface area contributed by atoms with Gasteiger partial charge in [-0.2, -0.15) is 0 Å². The maximum Gasteiger partial charge on any atom is 0.220 e. The van der Waals surface area contributed by atoms with Crippen LogP contribution in [-0.4, -0.2) is 18.1 Å². The molecule has 174 valence electrons. The lowest BCUT2D eigenvalue weighted by atomic mass is 10.1. The highest BCUT2D eigenvalue weighted by Crippen LogP contribution is 2.26. The molecule has 1 amide bonds. The number of nitrogens with one attached hydrogen (secondary N) is 1. The Bertz CT molecular complexity index is 652. The lowest BCUT2D eigenvalue weighted by Crippen LogP contribution is -2.22. The molecule has 0 bridgehead atoms. The highest BCUT2D eigenvalue weighted by atomic mass is 16.5. The van der Waals surface area contributed by atoms with Crippen LogP contribution in [0.3, 0.4) is 0 Å². The zero-order valence-corrected chi connectivity index (χ0v) is 19.7. The number of amides is 1. The molecule has 4 nitrogen and oxygen atoms in total. The molecular formula is C27H43NO3. The van der Waals surface area contributed by atoms with Gasteiger partial charge < -0.3 is 15.2 Å². The third kappa shape index (κ3) is 14.4. The van der Waals surface area contributed by atoms with Crippen LogP contribution in [0, 0.1) is 0 Å². The quantitative estimate of drug-likeness (QED) is 0.191. The van der Waals surface area contributed by atoms with Gasteiger partial charge in [0.05, 0.1) is 7.11 Å². The standard InChI is InChI=1S/C27H43NO3/c1-3-4-5-6-7-8-9-10-11-12-13-14-15-16-17-18-19-27(30)28-23-24-20-21-25(29)26(22-24)31-2/h7-8,10-11,20-22,29H,3-6,9,12-19,23H2,1-2H3,(H,28,30). The molecule has 0 radical (unpaired) electrons. The highest BCUT2D eigenvalue weighted by molar-refractivity contribution is 5.75. The molecule has 4 heteroatoms. The third-order valence-corrected chi connectivity index (χ3v) is 5.34. The van der Waals surface area contributed by atoms with E-state index >= 15 is 0 Å². The highest BCUT2D eigenvalue weighted by Gasteiger charge is 2.05. The van der Waals surface area contributed by atoms with E-state index in [1.54, 1.807) is 18.2 Å². The molecule has 0 aromatic heterocycles. The summed E-state index contributed by atoms with van der Waals surface area (Å²) in [7, 11) is 1.52. The summed E-state index contributed by atoms with van der Waals surface area (Å²) in [5.41, 5.74) is 0.917. The van der Waals surface area contributed by atoms with Gasteiger partial charge in [-0.25, -0.2) is 0 Å². The van der Waals surface area contributed by atoms with Crippen molar-refractivity contribution in [2.45, 2.75) is 96.9 Å². The van der Waals surface area contributed by atoms with Crippen LogP contribution >= 0.6 is 0 Å². The van der Waals surface area contributed by atoms with Crippen molar-refractivity contribution in [3.8, 4) is 11.5 Å². The Kier molecular flexibility index (Phi) is 16.0. The van der Waals surface area contributed by atoms with Gasteiger partial charge in [-0.05, 0) is 56.2 Å². The van der Waals surface area contributed by atoms with Gasteiger partial charge >= 0.3 is 0 Å². The second-order valence-electron chi connectivity index (χ2n) is 8.12. The number of hydrogen-bond acceptors (Lipinski definition) is 3. The van der Waals surface area contributed by atoms with Crippen LogP contribution in [0.25, 0.3) is 0 Å².